The summed E-state index contributed by atoms with van der Waals surface area (Å²) in [6, 6.07) is 0. The third-order valence-corrected chi connectivity index (χ3v) is 7.85. The van der Waals surface area contributed by atoms with Crippen molar-refractivity contribution in [1.29, 1.82) is 0 Å². The molecular weight excluding hydrogens is 304 g/mol. The molecule has 0 aromatic rings. The summed E-state index contributed by atoms with van der Waals surface area (Å²) in [5, 5.41) is 0. The average Bonchev–Trinajstić information content (AvgIpc) is 2.65. The van der Waals surface area contributed by atoms with E-state index in [2.05, 4.69) is 13.8 Å². The van der Waals surface area contributed by atoms with Crippen LogP contribution in [0, 0.1) is 23.7 Å². The summed E-state index contributed by atoms with van der Waals surface area (Å²) in [7, 11) is 0. The summed E-state index contributed by atoms with van der Waals surface area (Å²) < 4.78 is 6.54. The largest absolute Gasteiger partial charge is 0.375 e. The van der Waals surface area contributed by atoms with E-state index in [-0.39, 0.29) is 0 Å². The van der Waals surface area contributed by atoms with E-state index in [0.717, 1.165) is 23.7 Å². The van der Waals surface area contributed by atoms with E-state index in [0.29, 0.717) is 12.2 Å². The van der Waals surface area contributed by atoms with E-state index < -0.39 is 0 Å². The van der Waals surface area contributed by atoms with Gasteiger partial charge in [0, 0.05) is 0 Å². The van der Waals surface area contributed by atoms with Crippen molar-refractivity contribution in [3.63, 3.8) is 0 Å². The Morgan fingerprint density at radius 1 is 0.520 bits per heavy atom. The van der Waals surface area contributed by atoms with Gasteiger partial charge in [0.25, 0.3) is 0 Å². The first-order valence-corrected chi connectivity index (χ1v) is 11.9. The summed E-state index contributed by atoms with van der Waals surface area (Å²) in [4.78, 5) is 0. The standard InChI is InChI=1S/C24H44O/c1-3-5-19-7-11-21(12-8-19)22-13-17-24(18-14-22)25-23-15-9-20(6-4-2)10-16-23/h19-24H,3-18H2,1-2H3. The molecule has 0 atom stereocenters. The van der Waals surface area contributed by atoms with E-state index in [4.69, 9.17) is 4.74 Å². The van der Waals surface area contributed by atoms with E-state index in [9.17, 15) is 0 Å². The van der Waals surface area contributed by atoms with E-state index >= 15 is 0 Å². The van der Waals surface area contributed by atoms with Crippen LogP contribution in [0.1, 0.15) is 117 Å². The van der Waals surface area contributed by atoms with Gasteiger partial charge in [-0.3, -0.25) is 0 Å². The normalized spacial score (nSPS) is 40.1. The maximum Gasteiger partial charge on any atom is 0.0579 e. The molecule has 3 aliphatic rings. The molecule has 0 saturated heterocycles. The van der Waals surface area contributed by atoms with Gasteiger partial charge in [-0.2, -0.15) is 0 Å². The molecule has 0 amide bonds. The number of rotatable bonds is 7. The smallest absolute Gasteiger partial charge is 0.0579 e. The van der Waals surface area contributed by atoms with Gasteiger partial charge in [0.1, 0.15) is 0 Å². The highest BCUT2D eigenvalue weighted by molar-refractivity contribution is 4.83. The van der Waals surface area contributed by atoms with Crippen molar-refractivity contribution in [3.05, 3.63) is 0 Å². The van der Waals surface area contributed by atoms with Crippen LogP contribution >= 0.6 is 0 Å². The quantitative estimate of drug-likeness (QED) is 0.462. The van der Waals surface area contributed by atoms with Crippen molar-refractivity contribution >= 4 is 0 Å². The molecule has 146 valence electrons. The van der Waals surface area contributed by atoms with Crippen LogP contribution < -0.4 is 0 Å². The van der Waals surface area contributed by atoms with Crippen LogP contribution in [0.5, 0.6) is 0 Å². The van der Waals surface area contributed by atoms with Crippen LogP contribution in [-0.2, 0) is 4.74 Å². The molecule has 1 nitrogen and oxygen atoms in total. The predicted molar refractivity (Wildman–Crippen MR) is 108 cm³/mol. The molecule has 3 aliphatic carbocycles. The van der Waals surface area contributed by atoms with Crippen LogP contribution in [0.3, 0.4) is 0 Å². The molecule has 3 saturated carbocycles. The van der Waals surface area contributed by atoms with Gasteiger partial charge in [-0.15, -0.1) is 0 Å². The highest BCUT2D eigenvalue weighted by Crippen LogP contribution is 2.42. The summed E-state index contributed by atoms with van der Waals surface area (Å²) >= 11 is 0. The summed E-state index contributed by atoms with van der Waals surface area (Å²) in [6.07, 6.45) is 24.1. The molecule has 0 N–H and O–H groups in total. The molecule has 0 bridgehead atoms. The van der Waals surface area contributed by atoms with Gasteiger partial charge in [-0.1, -0.05) is 52.4 Å². The molecule has 0 radical (unpaired) electrons. The molecule has 0 spiro atoms. The molecule has 3 rings (SSSR count). The third kappa shape index (κ3) is 5.98. The van der Waals surface area contributed by atoms with E-state index in [1.54, 1.807) is 0 Å². The predicted octanol–water partition coefficient (Wildman–Crippen LogP) is 7.53. The Morgan fingerprint density at radius 2 is 0.880 bits per heavy atom. The Balaban J connectivity index is 1.31. The van der Waals surface area contributed by atoms with Crippen molar-refractivity contribution in [2.24, 2.45) is 23.7 Å². The molecule has 1 heteroatoms. The lowest BCUT2D eigenvalue weighted by molar-refractivity contribution is -0.0611. The molecule has 0 aromatic carbocycles. The van der Waals surface area contributed by atoms with Crippen LogP contribution in [0.2, 0.25) is 0 Å². The average molecular weight is 349 g/mol. The zero-order valence-electron chi connectivity index (χ0n) is 17.2. The monoisotopic (exact) mass is 348 g/mol. The minimum atomic E-state index is 0.596. The Kier molecular flexibility index (Phi) is 8.15. The zero-order chi connectivity index (χ0) is 17.5. The second-order valence-corrected chi connectivity index (χ2v) is 9.67. The number of hydrogen-bond acceptors (Lipinski definition) is 1. The lowest BCUT2D eigenvalue weighted by atomic mass is 9.70. The van der Waals surface area contributed by atoms with Crippen LogP contribution in [0.15, 0.2) is 0 Å². The van der Waals surface area contributed by atoms with Crippen LogP contribution in [-0.4, -0.2) is 12.2 Å². The fraction of sp³-hybridized carbons (Fsp3) is 1.00. The second-order valence-electron chi connectivity index (χ2n) is 9.67. The third-order valence-electron chi connectivity index (χ3n) is 7.85. The molecule has 0 heterocycles. The fourth-order valence-electron chi connectivity index (χ4n) is 6.29. The summed E-state index contributed by atoms with van der Waals surface area (Å²) in [5.74, 6) is 4.15. The molecule has 0 unspecified atom stereocenters. The maximum absolute atomic E-state index is 6.54. The van der Waals surface area contributed by atoms with Crippen LogP contribution in [0.4, 0.5) is 0 Å². The number of hydrogen-bond donors (Lipinski definition) is 0. The number of ether oxygens (including phenoxy) is 1. The van der Waals surface area contributed by atoms with Crippen molar-refractivity contribution in [2.45, 2.75) is 129 Å². The van der Waals surface area contributed by atoms with Crippen molar-refractivity contribution in [2.75, 3.05) is 0 Å². The molecule has 3 fully saturated rings. The van der Waals surface area contributed by atoms with E-state index in [1.165, 1.54) is 103 Å². The lowest BCUT2D eigenvalue weighted by Gasteiger charge is -2.39. The molecule has 0 aliphatic heterocycles. The maximum atomic E-state index is 6.54. The molecule has 0 aromatic heterocycles. The minimum Gasteiger partial charge on any atom is -0.375 e. The Bertz CT molecular complexity index is 341. The van der Waals surface area contributed by atoms with Crippen molar-refractivity contribution < 1.29 is 4.74 Å². The van der Waals surface area contributed by atoms with Crippen LogP contribution in [0.25, 0.3) is 0 Å². The summed E-state index contributed by atoms with van der Waals surface area (Å²) in [5.41, 5.74) is 0. The Labute approximate surface area is 157 Å². The van der Waals surface area contributed by atoms with Gasteiger partial charge in [0.2, 0.25) is 0 Å². The first-order valence-electron chi connectivity index (χ1n) is 11.9. The lowest BCUT2D eigenvalue weighted by Crippen LogP contribution is -2.32. The van der Waals surface area contributed by atoms with Gasteiger partial charge in [-0.25, -0.2) is 0 Å². The highest BCUT2D eigenvalue weighted by atomic mass is 16.5. The van der Waals surface area contributed by atoms with Gasteiger partial charge in [0.15, 0.2) is 0 Å². The second kappa shape index (κ2) is 10.3. The van der Waals surface area contributed by atoms with Crippen molar-refractivity contribution in [3.8, 4) is 0 Å². The first kappa shape index (κ1) is 19.7. The molecule has 25 heavy (non-hydrogen) atoms. The topological polar surface area (TPSA) is 9.23 Å². The van der Waals surface area contributed by atoms with Crippen molar-refractivity contribution in [1.82, 2.24) is 0 Å². The fourth-order valence-corrected chi connectivity index (χ4v) is 6.29. The van der Waals surface area contributed by atoms with Gasteiger partial charge in [-0.05, 0) is 87.9 Å². The molecular formula is C24H44O. The Morgan fingerprint density at radius 3 is 1.32 bits per heavy atom. The van der Waals surface area contributed by atoms with Gasteiger partial charge < -0.3 is 4.74 Å². The van der Waals surface area contributed by atoms with Gasteiger partial charge >= 0.3 is 0 Å². The first-order chi connectivity index (χ1) is 12.3. The Hall–Kier alpha value is -0.0400. The SMILES string of the molecule is CCCC1CCC(OC2CCC(C3CCC(CCC)CC3)CC2)CC1. The zero-order valence-corrected chi connectivity index (χ0v) is 17.2. The highest BCUT2D eigenvalue weighted by Gasteiger charge is 2.32. The summed E-state index contributed by atoms with van der Waals surface area (Å²) in [6.45, 7) is 4.68. The minimum absolute atomic E-state index is 0.596. The van der Waals surface area contributed by atoms with Gasteiger partial charge in [0.05, 0.1) is 12.2 Å². The van der Waals surface area contributed by atoms with E-state index in [1.807, 2.05) is 0 Å².